The highest BCUT2D eigenvalue weighted by Crippen LogP contribution is 2.23. The second kappa shape index (κ2) is 10.3. The molecule has 0 radical (unpaired) electrons. The molecule has 1 unspecified atom stereocenters. The third-order valence-electron chi connectivity index (χ3n) is 4.76. The minimum atomic E-state index is 0.245. The Morgan fingerprint density at radius 2 is 1.85 bits per heavy atom. The highest BCUT2D eigenvalue weighted by Gasteiger charge is 2.22. The number of halogens is 1. The van der Waals surface area contributed by atoms with Gasteiger partial charge in [-0.2, -0.15) is 0 Å². The molecule has 1 aliphatic heterocycles. The van der Waals surface area contributed by atoms with E-state index in [1.54, 1.807) is 7.05 Å². The summed E-state index contributed by atoms with van der Waals surface area (Å²) in [7, 11) is 1.80. The fraction of sp³-hybridized carbons (Fsp3) is 0.450. The molecule has 0 amide bonds. The molecule has 146 valence electrons. The molecule has 3 rings (SSSR count). The SMILES string of the molecule is CN=C(NCCn1cccc1)NCC(c1ccc(Cl)cc1)N1CCOCC1. The molecule has 2 N–H and O–H groups in total. The van der Waals surface area contributed by atoms with Gasteiger partial charge in [0.15, 0.2) is 5.96 Å². The number of hydrogen-bond acceptors (Lipinski definition) is 3. The second-order valence-electron chi connectivity index (χ2n) is 6.52. The highest BCUT2D eigenvalue weighted by atomic mass is 35.5. The smallest absolute Gasteiger partial charge is 0.191 e. The Balaban J connectivity index is 1.57. The third-order valence-corrected chi connectivity index (χ3v) is 5.01. The molecule has 0 spiro atoms. The molecular weight excluding hydrogens is 362 g/mol. The van der Waals surface area contributed by atoms with Gasteiger partial charge >= 0.3 is 0 Å². The highest BCUT2D eigenvalue weighted by molar-refractivity contribution is 6.30. The second-order valence-corrected chi connectivity index (χ2v) is 6.95. The maximum Gasteiger partial charge on any atom is 0.191 e. The third kappa shape index (κ3) is 5.99. The Labute approximate surface area is 166 Å². The summed E-state index contributed by atoms with van der Waals surface area (Å²) in [6, 6.07) is 12.4. The van der Waals surface area contributed by atoms with Crippen molar-refractivity contribution in [3.63, 3.8) is 0 Å². The van der Waals surface area contributed by atoms with Crippen LogP contribution in [-0.4, -0.2) is 61.9 Å². The first-order valence-corrected chi connectivity index (χ1v) is 9.76. The van der Waals surface area contributed by atoms with E-state index in [-0.39, 0.29) is 6.04 Å². The van der Waals surface area contributed by atoms with E-state index in [2.05, 4.69) is 49.6 Å². The molecule has 1 aromatic carbocycles. The monoisotopic (exact) mass is 389 g/mol. The number of guanidine groups is 1. The van der Waals surface area contributed by atoms with Gasteiger partial charge in [0.25, 0.3) is 0 Å². The fourth-order valence-corrected chi connectivity index (χ4v) is 3.39. The summed E-state index contributed by atoms with van der Waals surface area (Å²) in [5, 5.41) is 7.61. The lowest BCUT2D eigenvalue weighted by molar-refractivity contribution is 0.0170. The van der Waals surface area contributed by atoms with Crippen molar-refractivity contribution in [1.29, 1.82) is 0 Å². The van der Waals surface area contributed by atoms with Crippen LogP contribution in [0.25, 0.3) is 0 Å². The van der Waals surface area contributed by atoms with Crippen molar-refractivity contribution in [1.82, 2.24) is 20.1 Å². The lowest BCUT2D eigenvalue weighted by Gasteiger charge is -2.35. The number of benzene rings is 1. The number of rotatable bonds is 7. The predicted octanol–water partition coefficient (Wildman–Crippen LogP) is 2.38. The molecule has 0 bridgehead atoms. The molecule has 2 heterocycles. The lowest BCUT2D eigenvalue weighted by Crippen LogP contribution is -2.46. The molecule has 27 heavy (non-hydrogen) atoms. The number of aliphatic imine (C=N–C) groups is 1. The molecule has 1 fully saturated rings. The summed E-state index contributed by atoms with van der Waals surface area (Å²) in [4.78, 5) is 6.80. The number of ether oxygens (including phenoxy) is 1. The molecule has 1 atom stereocenters. The van der Waals surface area contributed by atoms with Crippen molar-refractivity contribution in [2.75, 3.05) is 46.4 Å². The van der Waals surface area contributed by atoms with Crippen molar-refractivity contribution in [2.24, 2.45) is 4.99 Å². The Bertz CT molecular complexity index is 696. The van der Waals surface area contributed by atoms with Crippen LogP contribution in [0, 0.1) is 0 Å². The van der Waals surface area contributed by atoms with Gasteiger partial charge in [0.05, 0.1) is 19.3 Å². The van der Waals surface area contributed by atoms with E-state index in [1.165, 1.54) is 5.56 Å². The van der Waals surface area contributed by atoms with E-state index in [1.807, 2.05) is 24.3 Å². The molecule has 2 aromatic rings. The van der Waals surface area contributed by atoms with Crippen molar-refractivity contribution >= 4 is 17.6 Å². The maximum atomic E-state index is 6.07. The van der Waals surface area contributed by atoms with Crippen molar-refractivity contribution in [3.05, 3.63) is 59.4 Å². The van der Waals surface area contributed by atoms with Gasteiger partial charge in [0, 0.05) is 57.2 Å². The number of aromatic nitrogens is 1. The molecule has 0 saturated carbocycles. The largest absolute Gasteiger partial charge is 0.379 e. The lowest BCUT2D eigenvalue weighted by atomic mass is 10.0. The van der Waals surface area contributed by atoms with Gasteiger partial charge in [-0.05, 0) is 29.8 Å². The zero-order valence-corrected chi connectivity index (χ0v) is 16.5. The Morgan fingerprint density at radius 1 is 1.15 bits per heavy atom. The van der Waals surface area contributed by atoms with Crippen molar-refractivity contribution in [2.45, 2.75) is 12.6 Å². The summed E-state index contributed by atoms with van der Waals surface area (Å²) in [5.74, 6) is 0.814. The van der Waals surface area contributed by atoms with Crippen LogP contribution in [0.15, 0.2) is 53.8 Å². The molecule has 1 saturated heterocycles. The number of morpholine rings is 1. The minimum absolute atomic E-state index is 0.245. The number of nitrogens with zero attached hydrogens (tertiary/aromatic N) is 3. The van der Waals surface area contributed by atoms with Crippen LogP contribution < -0.4 is 10.6 Å². The quantitative estimate of drug-likeness (QED) is 0.564. The summed E-state index contributed by atoms with van der Waals surface area (Å²) in [5.41, 5.74) is 1.25. The summed E-state index contributed by atoms with van der Waals surface area (Å²) in [6.45, 7) is 5.88. The van der Waals surface area contributed by atoms with Crippen molar-refractivity contribution in [3.8, 4) is 0 Å². The first-order valence-electron chi connectivity index (χ1n) is 9.39. The molecule has 1 aliphatic rings. The minimum Gasteiger partial charge on any atom is -0.379 e. The van der Waals surface area contributed by atoms with Gasteiger partial charge in [-0.3, -0.25) is 9.89 Å². The molecule has 7 heteroatoms. The number of nitrogens with one attached hydrogen (secondary N) is 2. The molecule has 6 nitrogen and oxygen atoms in total. The molecule has 1 aromatic heterocycles. The van der Waals surface area contributed by atoms with Crippen LogP contribution in [0.2, 0.25) is 5.02 Å². The average Bonchev–Trinajstić information content (AvgIpc) is 3.22. The Morgan fingerprint density at radius 3 is 2.52 bits per heavy atom. The van der Waals surface area contributed by atoms with Gasteiger partial charge in [-0.1, -0.05) is 23.7 Å². The first-order chi connectivity index (χ1) is 13.3. The van der Waals surface area contributed by atoms with Gasteiger partial charge in [0.2, 0.25) is 0 Å². The first kappa shape index (κ1) is 19.7. The van der Waals surface area contributed by atoms with E-state index >= 15 is 0 Å². The Hall–Kier alpha value is -2.02. The van der Waals surface area contributed by atoms with Crippen LogP contribution in [0.4, 0.5) is 0 Å². The van der Waals surface area contributed by atoms with E-state index < -0.39 is 0 Å². The summed E-state index contributed by atoms with van der Waals surface area (Å²) < 4.78 is 7.66. The fourth-order valence-electron chi connectivity index (χ4n) is 3.27. The van der Waals surface area contributed by atoms with E-state index in [9.17, 15) is 0 Å². The molecule has 0 aliphatic carbocycles. The van der Waals surface area contributed by atoms with Crippen LogP contribution in [0.3, 0.4) is 0 Å². The summed E-state index contributed by atoms with van der Waals surface area (Å²) >= 11 is 6.07. The average molecular weight is 390 g/mol. The van der Waals surface area contributed by atoms with E-state index in [4.69, 9.17) is 16.3 Å². The van der Waals surface area contributed by atoms with Gasteiger partial charge in [-0.25, -0.2) is 0 Å². The molecular formula is C20H28ClN5O. The van der Waals surface area contributed by atoms with Crippen LogP contribution >= 0.6 is 11.6 Å². The standard InChI is InChI=1S/C20H28ClN5O/c1-22-20(23-8-11-25-9-2-3-10-25)24-16-19(26-12-14-27-15-13-26)17-4-6-18(21)7-5-17/h2-7,9-10,19H,8,11-16H2,1H3,(H2,22,23,24). The van der Waals surface area contributed by atoms with Crippen molar-refractivity contribution < 1.29 is 4.74 Å². The normalized spacial score (nSPS) is 16.9. The topological polar surface area (TPSA) is 53.8 Å². The Kier molecular flexibility index (Phi) is 7.56. The zero-order valence-electron chi connectivity index (χ0n) is 15.8. The van der Waals surface area contributed by atoms with Gasteiger partial charge < -0.3 is 19.9 Å². The number of hydrogen-bond donors (Lipinski definition) is 2. The maximum absolute atomic E-state index is 6.07. The van der Waals surface area contributed by atoms with Crippen LogP contribution in [-0.2, 0) is 11.3 Å². The zero-order chi connectivity index (χ0) is 18.9. The summed E-state index contributed by atoms with van der Waals surface area (Å²) in [6.07, 6.45) is 4.12. The van der Waals surface area contributed by atoms with Gasteiger partial charge in [0.1, 0.15) is 0 Å². The van der Waals surface area contributed by atoms with E-state index in [0.29, 0.717) is 0 Å². The van der Waals surface area contributed by atoms with Gasteiger partial charge in [-0.15, -0.1) is 0 Å². The van der Waals surface area contributed by atoms with E-state index in [0.717, 1.165) is 56.9 Å². The predicted molar refractivity (Wildman–Crippen MR) is 110 cm³/mol. The van der Waals surface area contributed by atoms with Crippen LogP contribution in [0.5, 0.6) is 0 Å². The van der Waals surface area contributed by atoms with Crippen LogP contribution in [0.1, 0.15) is 11.6 Å².